The molecule has 0 aromatic carbocycles. The number of nitrogens with two attached hydrogens (primary N) is 1. The summed E-state index contributed by atoms with van der Waals surface area (Å²) >= 11 is 0. The number of nitrogens with zero attached hydrogens (tertiary/aromatic N) is 4. The molecule has 1 saturated heterocycles. The molecule has 0 radical (unpaired) electrons. The van der Waals surface area contributed by atoms with Gasteiger partial charge >= 0.3 is 0 Å². The van der Waals surface area contributed by atoms with Crippen molar-refractivity contribution in [2.24, 2.45) is 0 Å². The lowest BCUT2D eigenvalue weighted by atomic mass is 10.0. The van der Waals surface area contributed by atoms with Crippen molar-refractivity contribution in [3.05, 3.63) is 66.2 Å². The van der Waals surface area contributed by atoms with Gasteiger partial charge in [-0.2, -0.15) is 0 Å². The highest BCUT2D eigenvalue weighted by Gasteiger charge is 2.17. The van der Waals surface area contributed by atoms with Crippen LogP contribution in [0.1, 0.15) is 24.1 Å². The summed E-state index contributed by atoms with van der Waals surface area (Å²) in [5.41, 5.74) is 9.75. The van der Waals surface area contributed by atoms with E-state index in [0.29, 0.717) is 22.7 Å². The van der Waals surface area contributed by atoms with E-state index in [1.54, 1.807) is 18.6 Å². The van der Waals surface area contributed by atoms with Gasteiger partial charge in [0, 0.05) is 36.6 Å². The molecule has 4 heterocycles. The normalized spacial score (nSPS) is 13.8. The summed E-state index contributed by atoms with van der Waals surface area (Å²) in [6.07, 6.45) is 7.44. The number of anilines is 2. The van der Waals surface area contributed by atoms with Gasteiger partial charge in [-0.15, -0.1) is 0 Å². The molecule has 0 saturated carbocycles. The molecule has 0 aliphatic carbocycles. The van der Waals surface area contributed by atoms with Gasteiger partial charge in [-0.25, -0.2) is 4.98 Å². The largest absolute Gasteiger partial charge is 0.397 e. The maximum atomic E-state index is 8.63. The van der Waals surface area contributed by atoms with E-state index in [1.807, 2.05) is 36.4 Å². The van der Waals surface area contributed by atoms with Crippen LogP contribution in [0.3, 0.4) is 0 Å². The van der Waals surface area contributed by atoms with E-state index in [4.69, 9.17) is 11.1 Å². The highest BCUT2D eigenvalue weighted by Crippen LogP contribution is 2.24. The quantitative estimate of drug-likeness (QED) is 0.710. The van der Waals surface area contributed by atoms with Crippen molar-refractivity contribution in [1.82, 2.24) is 15.0 Å². The highest BCUT2D eigenvalue weighted by molar-refractivity contribution is 6.13. The Morgan fingerprint density at radius 3 is 2.69 bits per heavy atom. The summed E-state index contributed by atoms with van der Waals surface area (Å²) in [6, 6.07) is 11.4. The maximum Gasteiger partial charge on any atom is 0.129 e. The molecule has 130 valence electrons. The van der Waals surface area contributed by atoms with Crippen LogP contribution in [-0.2, 0) is 0 Å². The molecule has 1 fully saturated rings. The van der Waals surface area contributed by atoms with Crippen LogP contribution in [0.5, 0.6) is 0 Å². The van der Waals surface area contributed by atoms with Gasteiger partial charge in [-0.1, -0.05) is 6.07 Å². The molecule has 0 amide bonds. The molecular weight excluding hydrogens is 324 g/mol. The van der Waals surface area contributed by atoms with E-state index in [2.05, 4.69) is 19.9 Å². The standard InChI is InChI=1S/C20H20N6/c21-16-13-24-18(14-5-4-8-23-12-14)11-15(16)20(22)17-6-3-7-19(25-17)26-9-1-2-10-26/h3-8,11-13,22H,1-2,9-10,21H2. The van der Waals surface area contributed by atoms with Crippen LogP contribution in [0.2, 0.25) is 0 Å². The summed E-state index contributed by atoms with van der Waals surface area (Å²) in [6.45, 7) is 2.04. The van der Waals surface area contributed by atoms with Crippen LogP contribution < -0.4 is 10.6 Å². The average Bonchev–Trinajstić information content (AvgIpc) is 3.23. The Hall–Kier alpha value is -3.28. The molecule has 6 heteroatoms. The minimum absolute atomic E-state index is 0.302. The summed E-state index contributed by atoms with van der Waals surface area (Å²) in [4.78, 5) is 15.4. The van der Waals surface area contributed by atoms with E-state index < -0.39 is 0 Å². The SMILES string of the molecule is N=C(c1cccc(N2CCCC2)n1)c1cc(-c2cccnc2)ncc1N. The van der Waals surface area contributed by atoms with Gasteiger partial charge < -0.3 is 10.6 Å². The third-order valence-corrected chi connectivity index (χ3v) is 4.58. The number of aromatic nitrogens is 3. The van der Waals surface area contributed by atoms with Crippen LogP contribution in [-0.4, -0.2) is 33.8 Å². The van der Waals surface area contributed by atoms with Crippen molar-refractivity contribution in [2.45, 2.75) is 12.8 Å². The highest BCUT2D eigenvalue weighted by atomic mass is 15.2. The maximum absolute atomic E-state index is 8.63. The van der Waals surface area contributed by atoms with E-state index >= 15 is 0 Å². The van der Waals surface area contributed by atoms with Crippen molar-refractivity contribution < 1.29 is 0 Å². The first kappa shape index (κ1) is 16.2. The van der Waals surface area contributed by atoms with E-state index in [1.165, 1.54) is 12.8 Å². The van der Waals surface area contributed by atoms with Crippen LogP contribution in [0.15, 0.2) is 55.0 Å². The zero-order chi connectivity index (χ0) is 17.9. The van der Waals surface area contributed by atoms with Crippen molar-refractivity contribution in [3.8, 4) is 11.3 Å². The molecule has 4 rings (SSSR count). The number of rotatable bonds is 4. The fourth-order valence-corrected chi connectivity index (χ4v) is 3.18. The first-order valence-electron chi connectivity index (χ1n) is 8.69. The Kier molecular flexibility index (Phi) is 4.31. The zero-order valence-electron chi connectivity index (χ0n) is 14.4. The van der Waals surface area contributed by atoms with Crippen molar-refractivity contribution >= 4 is 17.2 Å². The topological polar surface area (TPSA) is 91.8 Å². The van der Waals surface area contributed by atoms with Gasteiger partial charge in [0.15, 0.2) is 0 Å². The molecule has 3 N–H and O–H groups in total. The Balaban J connectivity index is 1.69. The molecule has 26 heavy (non-hydrogen) atoms. The molecule has 0 atom stereocenters. The number of hydrogen-bond acceptors (Lipinski definition) is 6. The monoisotopic (exact) mass is 344 g/mol. The van der Waals surface area contributed by atoms with Crippen molar-refractivity contribution in [2.75, 3.05) is 23.7 Å². The summed E-state index contributed by atoms with van der Waals surface area (Å²) in [7, 11) is 0. The second kappa shape index (κ2) is 6.92. The van der Waals surface area contributed by atoms with Crippen LogP contribution >= 0.6 is 0 Å². The predicted octanol–water partition coefficient (Wildman–Crippen LogP) is 3.14. The number of nitrogens with one attached hydrogen (secondary N) is 1. The first-order chi connectivity index (χ1) is 12.7. The minimum Gasteiger partial charge on any atom is -0.397 e. The van der Waals surface area contributed by atoms with E-state index in [-0.39, 0.29) is 0 Å². The predicted molar refractivity (Wildman–Crippen MR) is 103 cm³/mol. The Bertz CT molecular complexity index is 932. The lowest BCUT2D eigenvalue weighted by Crippen LogP contribution is -2.20. The Labute approximate surface area is 152 Å². The number of pyridine rings is 3. The smallest absolute Gasteiger partial charge is 0.129 e. The van der Waals surface area contributed by atoms with Crippen molar-refractivity contribution in [3.63, 3.8) is 0 Å². The number of nitrogen functional groups attached to an aromatic ring is 1. The van der Waals surface area contributed by atoms with Gasteiger partial charge in [-0.3, -0.25) is 15.4 Å². The summed E-state index contributed by atoms with van der Waals surface area (Å²) < 4.78 is 0. The first-order valence-corrected chi connectivity index (χ1v) is 8.69. The number of hydrogen-bond donors (Lipinski definition) is 2. The van der Waals surface area contributed by atoms with E-state index in [0.717, 1.165) is 30.2 Å². The van der Waals surface area contributed by atoms with Gasteiger partial charge in [-0.05, 0) is 43.2 Å². The zero-order valence-corrected chi connectivity index (χ0v) is 14.4. The van der Waals surface area contributed by atoms with Crippen LogP contribution in [0.25, 0.3) is 11.3 Å². The molecule has 1 aliphatic heterocycles. The Morgan fingerprint density at radius 1 is 1.08 bits per heavy atom. The van der Waals surface area contributed by atoms with Crippen LogP contribution in [0.4, 0.5) is 11.5 Å². The average molecular weight is 344 g/mol. The second-order valence-corrected chi connectivity index (χ2v) is 6.35. The third kappa shape index (κ3) is 3.13. The fraction of sp³-hybridized carbons (Fsp3) is 0.200. The summed E-state index contributed by atoms with van der Waals surface area (Å²) in [5, 5.41) is 8.63. The molecule has 3 aromatic heterocycles. The van der Waals surface area contributed by atoms with Crippen LogP contribution in [0, 0.1) is 5.41 Å². The van der Waals surface area contributed by atoms with E-state index in [9.17, 15) is 0 Å². The lowest BCUT2D eigenvalue weighted by Gasteiger charge is -2.17. The second-order valence-electron chi connectivity index (χ2n) is 6.35. The Morgan fingerprint density at radius 2 is 1.92 bits per heavy atom. The third-order valence-electron chi connectivity index (χ3n) is 4.58. The molecular formula is C20H20N6. The molecule has 3 aromatic rings. The van der Waals surface area contributed by atoms with Gasteiger partial charge in [0.2, 0.25) is 0 Å². The molecule has 6 nitrogen and oxygen atoms in total. The minimum atomic E-state index is 0.302. The molecule has 0 bridgehead atoms. The molecule has 0 unspecified atom stereocenters. The van der Waals surface area contributed by atoms with Gasteiger partial charge in [0.25, 0.3) is 0 Å². The lowest BCUT2D eigenvalue weighted by molar-refractivity contribution is 0.935. The van der Waals surface area contributed by atoms with Crippen molar-refractivity contribution in [1.29, 1.82) is 5.41 Å². The molecule has 0 spiro atoms. The summed E-state index contributed by atoms with van der Waals surface area (Å²) in [5.74, 6) is 0.921. The molecule has 1 aliphatic rings. The fourth-order valence-electron chi connectivity index (χ4n) is 3.18. The van der Waals surface area contributed by atoms with Gasteiger partial charge in [0.05, 0.1) is 29.0 Å². The van der Waals surface area contributed by atoms with Gasteiger partial charge in [0.1, 0.15) is 5.82 Å².